The molecule has 0 fully saturated rings. The van der Waals surface area contributed by atoms with Gasteiger partial charge in [0, 0.05) is 20.2 Å². The maximum Gasteiger partial charge on any atom is 0.0361 e. The van der Waals surface area contributed by atoms with Gasteiger partial charge in [-0.1, -0.05) is 158 Å². The van der Waals surface area contributed by atoms with Crippen molar-refractivity contribution in [2.45, 2.75) is 0 Å². The van der Waals surface area contributed by atoms with Crippen LogP contribution in [0.1, 0.15) is 0 Å². The van der Waals surface area contributed by atoms with Gasteiger partial charge in [-0.25, -0.2) is 0 Å². The van der Waals surface area contributed by atoms with E-state index in [9.17, 15) is 0 Å². The Morgan fingerprint density at radius 1 is 0.265 bits per heavy atom. The Kier molecular flexibility index (Phi) is 6.47. The van der Waals surface area contributed by atoms with Gasteiger partial charge in [0.15, 0.2) is 0 Å². The van der Waals surface area contributed by atoms with Gasteiger partial charge >= 0.3 is 0 Å². The van der Waals surface area contributed by atoms with Crippen molar-refractivity contribution in [3.05, 3.63) is 182 Å². The lowest BCUT2D eigenvalue weighted by molar-refractivity contribution is 1.60. The molecule has 0 nitrogen and oxygen atoms in total. The second kappa shape index (κ2) is 11.3. The first-order valence-electron chi connectivity index (χ1n) is 16.8. The van der Waals surface area contributed by atoms with Crippen LogP contribution in [0, 0.1) is 0 Å². The quantitative estimate of drug-likeness (QED) is 0.168. The zero-order valence-electron chi connectivity index (χ0n) is 26.7. The zero-order chi connectivity index (χ0) is 32.3. The number of hydrogen-bond acceptors (Lipinski definition) is 1. The molecule has 10 aromatic rings. The maximum atomic E-state index is 2.38. The smallest absolute Gasteiger partial charge is 0.0361 e. The number of fused-ring (bicyclic) bond motifs is 6. The molecule has 0 spiro atoms. The molecule has 0 atom stereocenters. The highest BCUT2D eigenvalue weighted by atomic mass is 32.1. The standard InChI is InChI=1S/C48H30S/c1-2-13-31(14-3-1)37-19-6-7-20-39(37)48-42-23-10-8-21-40(42)47(41-22-9-11-24-43(41)48)36-18-12-17-32(27-36)35-25-26-38-44-28-33-15-4-5-16-34(33)29-46(44)49-45(38)30-35/h1-30H. The molecule has 0 aliphatic carbocycles. The molecule has 1 heteroatoms. The Morgan fingerprint density at radius 2 is 0.796 bits per heavy atom. The molecule has 49 heavy (non-hydrogen) atoms. The van der Waals surface area contributed by atoms with Crippen LogP contribution in [-0.4, -0.2) is 0 Å². The van der Waals surface area contributed by atoms with Crippen molar-refractivity contribution in [3.8, 4) is 44.5 Å². The van der Waals surface area contributed by atoms with Crippen LogP contribution in [0.5, 0.6) is 0 Å². The van der Waals surface area contributed by atoms with Crippen LogP contribution in [0.2, 0.25) is 0 Å². The van der Waals surface area contributed by atoms with E-state index in [0.29, 0.717) is 0 Å². The maximum absolute atomic E-state index is 2.38. The minimum Gasteiger partial charge on any atom is -0.135 e. The first kappa shape index (κ1) is 28.0. The Bertz CT molecular complexity index is 2820. The molecule has 10 rings (SSSR count). The molecular weight excluding hydrogens is 609 g/mol. The molecule has 228 valence electrons. The van der Waals surface area contributed by atoms with Crippen molar-refractivity contribution in [1.29, 1.82) is 0 Å². The third-order valence-electron chi connectivity index (χ3n) is 10.0. The number of thiophene rings is 1. The summed E-state index contributed by atoms with van der Waals surface area (Å²) in [6, 6.07) is 67.0. The van der Waals surface area contributed by atoms with Gasteiger partial charge in [0.2, 0.25) is 0 Å². The lowest BCUT2D eigenvalue weighted by Gasteiger charge is -2.20. The predicted molar refractivity (Wildman–Crippen MR) is 214 cm³/mol. The molecule has 1 heterocycles. The molecule has 0 aliphatic rings. The van der Waals surface area contributed by atoms with Crippen LogP contribution in [0.3, 0.4) is 0 Å². The van der Waals surface area contributed by atoms with E-state index >= 15 is 0 Å². The lowest BCUT2D eigenvalue weighted by Crippen LogP contribution is -1.92. The largest absolute Gasteiger partial charge is 0.135 e. The summed E-state index contributed by atoms with van der Waals surface area (Å²) >= 11 is 1.89. The summed E-state index contributed by atoms with van der Waals surface area (Å²) in [5, 5.41) is 10.3. The van der Waals surface area contributed by atoms with E-state index in [0.717, 1.165) is 0 Å². The van der Waals surface area contributed by atoms with Crippen molar-refractivity contribution in [1.82, 2.24) is 0 Å². The molecule has 9 aromatic carbocycles. The Balaban J connectivity index is 1.17. The summed E-state index contributed by atoms with van der Waals surface area (Å²) in [6.07, 6.45) is 0. The molecule has 1 aromatic heterocycles. The van der Waals surface area contributed by atoms with E-state index in [-0.39, 0.29) is 0 Å². The van der Waals surface area contributed by atoms with Crippen molar-refractivity contribution < 1.29 is 0 Å². The molecule has 0 saturated carbocycles. The molecular formula is C48H30S. The van der Waals surface area contributed by atoms with E-state index in [4.69, 9.17) is 0 Å². The molecule has 0 N–H and O–H groups in total. The molecule has 0 unspecified atom stereocenters. The molecule has 0 radical (unpaired) electrons. The van der Waals surface area contributed by atoms with Crippen LogP contribution in [0.15, 0.2) is 182 Å². The van der Waals surface area contributed by atoms with Crippen LogP contribution in [0.25, 0.3) is 97.0 Å². The summed E-state index contributed by atoms with van der Waals surface area (Å²) < 4.78 is 2.66. The summed E-state index contributed by atoms with van der Waals surface area (Å²) in [7, 11) is 0. The van der Waals surface area contributed by atoms with Gasteiger partial charge < -0.3 is 0 Å². The summed E-state index contributed by atoms with van der Waals surface area (Å²) in [5.41, 5.74) is 10.0. The first-order valence-corrected chi connectivity index (χ1v) is 17.7. The van der Waals surface area contributed by atoms with E-state index in [1.165, 1.54) is 97.0 Å². The van der Waals surface area contributed by atoms with Gasteiger partial charge in [-0.15, -0.1) is 11.3 Å². The minimum absolute atomic E-state index is 1.23. The number of benzene rings is 9. The Hall–Kier alpha value is -6.02. The SMILES string of the molecule is c1ccc(-c2ccccc2-c2c3ccccc3c(-c3cccc(-c4ccc5c(c4)sc4cc6ccccc6cc45)c3)c3ccccc23)cc1. The van der Waals surface area contributed by atoms with Gasteiger partial charge in [0.1, 0.15) is 0 Å². The second-order valence-corrected chi connectivity index (χ2v) is 13.9. The highest BCUT2D eigenvalue weighted by Gasteiger charge is 2.19. The first-order chi connectivity index (χ1) is 24.3. The summed E-state index contributed by atoms with van der Waals surface area (Å²) in [5.74, 6) is 0. The zero-order valence-corrected chi connectivity index (χ0v) is 27.5. The van der Waals surface area contributed by atoms with Gasteiger partial charge in [-0.3, -0.25) is 0 Å². The topological polar surface area (TPSA) is 0 Å². The van der Waals surface area contributed by atoms with Gasteiger partial charge in [0.25, 0.3) is 0 Å². The highest BCUT2D eigenvalue weighted by Crippen LogP contribution is 2.46. The van der Waals surface area contributed by atoms with E-state index < -0.39 is 0 Å². The molecule has 0 amide bonds. The third kappa shape index (κ3) is 4.58. The van der Waals surface area contributed by atoms with Crippen LogP contribution in [0.4, 0.5) is 0 Å². The highest BCUT2D eigenvalue weighted by molar-refractivity contribution is 7.25. The molecule has 0 bridgehead atoms. The third-order valence-corrected chi connectivity index (χ3v) is 11.2. The van der Waals surface area contributed by atoms with Crippen molar-refractivity contribution in [2.75, 3.05) is 0 Å². The van der Waals surface area contributed by atoms with Gasteiger partial charge in [-0.2, -0.15) is 0 Å². The minimum atomic E-state index is 1.23. The van der Waals surface area contributed by atoms with Crippen LogP contribution < -0.4 is 0 Å². The molecule has 0 saturated heterocycles. The van der Waals surface area contributed by atoms with E-state index in [1.54, 1.807) is 0 Å². The summed E-state index contributed by atoms with van der Waals surface area (Å²) in [4.78, 5) is 0. The van der Waals surface area contributed by atoms with Crippen molar-refractivity contribution in [3.63, 3.8) is 0 Å². The van der Waals surface area contributed by atoms with Crippen LogP contribution >= 0.6 is 11.3 Å². The average Bonchev–Trinajstić information content (AvgIpc) is 3.53. The second-order valence-electron chi connectivity index (χ2n) is 12.8. The number of rotatable bonds is 4. The Labute approximate surface area is 289 Å². The number of hydrogen-bond donors (Lipinski definition) is 0. The normalized spacial score (nSPS) is 11.7. The average molecular weight is 639 g/mol. The van der Waals surface area contributed by atoms with E-state index in [2.05, 4.69) is 182 Å². The van der Waals surface area contributed by atoms with Gasteiger partial charge in [0.05, 0.1) is 0 Å². The Morgan fingerprint density at radius 3 is 1.53 bits per heavy atom. The lowest BCUT2D eigenvalue weighted by atomic mass is 9.83. The monoisotopic (exact) mass is 638 g/mol. The molecule has 0 aliphatic heterocycles. The fourth-order valence-corrected chi connectivity index (χ4v) is 8.97. The fourth-order valence-electron chi connectivity index (χ4n) is 7.80. The van der Waals surface area contributed by atoms with E-state index in [1.807, 2.05) is 11.3 Å². The van der Waals surface area contributed by atoms with Crippen molar-refractivity contribution >= 4 is 63.8 Å². The van der Waals surface area contributed by atoms with Crippen molar-refractivity contribution in [2.24, 2.45) is 0 Å². The summed E-state index contributed by atoms with van der Waals surface area (Å²) in [6.45, 7) is 0. The fraction of sp³-hybridized carbons (Fsp3) is 0. The van der Waals surface area contributed by atoms with Gasteiger partial charge in [-0.05, 0) is 101 Å². The van der Waals surface area contributed by atoms with Crippen LogP contribution in [-0.2, 0) is 0 Å². The predicted octanol–water partition coefficient (Wildman–Crippen LogP) is 14.2.